The molecule has 0 saturated carbocycles. The van der Waals surface area contributed by atoms with E-state index >= 15 is 0 Å². The molecule has 6 heteroatoms. The summed E-state index contributed by atoms with van der Waals surface area (Å²) in [6.45, 7) is 5.02. The monoisotopic (exact) mass is 352 g/mol. The van der Waals surface area contributed by atoms with Crippen molar-refractivity contribution in [2.24, 2.45) is 0 Å². The van der Waals surface area contributed by atoms with Crippen molar-refractivity contribution >= 4 is 17.9 Å². The Morgan fingerprint density at radius 1 is 0.833 bits per heavy atom. The van der Waals surface area contributed by atoms with Gasteiger partial charge in [-0.1, -0.05) is 62.9 Å². The van der Waals surface area contributed by atoms with Crippen LogP contribution in [0.15, 0.2) is 48.5 Å². The van der Waals surface area contributed by atoms with Gasteiger partial charge in [-0.05, 0) is 39.8 Å². The van der Waals surface area contributed by atoms with Crippen molar-refractivity contribution in [2.45, 2.75) is 39.3 Å². The molecule has 0 N–H and O–H groups in total. The third kappa shape index (κ3) is 5.53. The standard InChI is InChI=1S/C18H20BF3O.H4Si/c1-3-19(4-2)23-13-14-5-7-15(8-6-14)16-9-11-17(12-10-16)18(20,21)22;/h5-12H,3-4,13H2,1-2H3;1H4. The molecule has 2 aromatic rings. The second-order valence-corrected chi connectivity index (χ2v) is 5.52. The Morgan fingerprint density at radius 2 is 1.29 bits per heavy atom. The number of rotatable bonds is 6. The van der Waals surface area contributed by atoms with Crippen LogP contribution in [0.5, 0.6) is 0 Å². The number of alkyl halides is 3. The largest absolute Gasteiger partial charge is 0.432 e. The second kappa shape index (κ2) is 9.09. The minimum atomic E-state index is -4.30. The van der Waals surface area contributed by atoms with Crippen molar-refractivity contribution in [3.63, 3.8) is 0 Å². The zero-order chi connectivity index (χ0) is 16.9. The number of hydrogen-bond donors (Lipinski definition) is 0. The van der Waals surface area contributed by atoms with Gasteiger partial charge in [0.15, 0.2) is 0 Å². The molecule has 0 spiro atoms. The van der Waals surface area contributed by atoms with Crippen LogP contribution in [-0.4, -0.2) is 17.9 Å². The molecule has 130 valence electrons. The van der Waals surface area contributed by atoms with E-state index in [1.54, 1.807) is 0 Å². The van der Waals surface area contributed by atoms with E-state index in [0.29, 0.717) is 6.61 Å². The lowest BCUT2D eigenvalue weighted by molar-refractivity contribution is -0.137. The Hall–Kier alpha value is -1.53. The highest BCUT2D eigenvalue weighted by molar-refractivity contribution is 6.51. The number of hydrogen-bond acceptors (Lipinski definition) is 1. The summed E-state index contributed by atoms with van der Waals surface area (Å²) in [4.78, 5) is 0. The van der Waals surface area contributed by atoms with E-state index in [4.69, 9.17) is 4.65 Å². The highest BCUT2D eigenvalue weighted by Gasteiger charge is 2.29. The fraction of sp³-hybridized carbons (Fsp3) is 0.333. The lowest BCUT2D eigenvalue weighted by Crippen LogP contribution is -2.14. The highest BCUT2D eigenvalue weighted by Crippen LogP contribution is 2.31. The van der Waals surface area contributed by atoms with Gasteiger partial charge in [0.25, 0.3) is 6.92 Å². The summed E-state index contributed by atoms with van der Waals surface area (Å²) >= 11 is 0. The summed E-state index contributed by atoms with van der Waals surface area (Å²) in [7, 11) is 0. The predicted molar refractivity (Wildman–Crippen MR) is 99.7 cm³/mol. The molecule has 0 radical (unpaired) electrons. The molecule has 0 aromatic heterocycles. The molecule has 0 saturated heterocycles. The van der Waals surface area contributed by atoms with Gasteiger partial charge in [0, 0.05) is 0 Å². The quantitative estimate of drug-likeness (QED) is 0.697. The molecular formula is C18H24BF3OSi. The first-order valence-electron chi connectivity index (χ1n) is 7.82. The van der Waals surface area contributed by atoms with Crippen molar-refractivity contribution < 1.29 is 17.8 Å². The van der Waals surface area contributed by atoms with Crippen molar-refractivity contribution in [1.82, 2.24) is 0 Å². The maximum atomic E-state index is 12.6. The lowest BCUT2D eigenvalue weighted by Gasteiger charge is -2.11. The average Bonchev–Trinajstić information content (AvgIpc) is 2.56. The Labute approximate surface area is 146 Å². The third-order valence-corrected chi connectivity index (χ3v) is 3.90. The molecule has 0 aliphatic carbocycles. The topological polar surface area (TPSA) is 9.23 Å². The second-order valence-electron chi connectivity index (χ2n) is 5.52. The zero-order valence-corrected chi connectivity index (χ0v) is 13.4. The van der Waals surface area contributed by atoms with E-state index in [1.165, 1.54) is 12.1 Å². The Bertz CT molecular complexity index is 608. The lowest BCUT2D eigenvalue weighted by atomic mass is 9.62. The predicted octanol–water partition coefficient (Wildman–Crippen LogP) is 4.47. The van der Waals surface area contributed by atoms with Crippen LogP contribution in [0.4, 0.5) is 13.2 Å². The normalized spacial score (nSPS) is 11.0. The summed E-state index contributed by atoms with van der Waals surface area (Å²) in [6.07, 6.45) is -2.32. The fourth-order valence-electron chi connectivity index (χ4n) is 2.38. The maximum Gasteiger partial charge on any atom is 0.416 e. The third-order valence-electron chi connectivity index (χ3n) is 3.90. The molecule has 2 aromatic carbocycles. The molecule has 0 aliphatic rings. The molecule has 0 fully saturated rings. The molecule has 0 aliphatic heterocycles. The Balaban J connectivity index is 0.00000288. The van der Waals surface area contributed by atoms with Gasteiger partial charge >= 0.3 is 6.18 Å². The SMILES string of the molecule is CCB(CC)OCc1ccc(-c2ccc(C(F)(F)F)cc2)cc1.[SiH4]. The van der Waals surface area contributed by atoms with Gasteiger partial charge in [-0.2, -0.15) is 13.2 Å². The van der Waals surface area contributed by atoms with Gasteiger partial charge in [-0.3, -0.25) is 0 Å². The van der Waals surface area contributed by atoms with Crippen LogP contribution in [0.2, 0.25) is 12.6 Å². The molecule has 0 unspecified atom stereocenters. The minimum Gasteiger partial charge on any atom is -0.432 e. The summed E-state index contributed by atoms with van der Waals surface area (Å²) in [5.74, 6) is 0. The van der Waals surface area contributed by atoms with Gasteiger partial charge in [0.05, 0.1) is 12.2 Å². The van der Waals surface area contributed by atoms with Gasteiger partial charge in [0.2, 0.25) is 0 Å². The number of halogens is 3. The van der Waals surface area contributed by atoms with Crippen LogP contribution in [0.25, 0.3) is 11.1 Å². The molecule has 0 amide bonds. The first-order valence-corrected chi connectivity index (χ1v) is 7.82. The van der Waals surface area contributed by atoms with Crippen molar-refractivity contribution in [3.8, 4) is 11.1 Å². The van der Waals surface area contributed by atoms with Gasteiger partial charge in [-0.25, -0.2) is 0 Å². The summed E-state index contributed by atoms with van der Waals surface area (Å²) in [6, 6.07) is 12.9. The van der Waals surface area contributed by atoms with Crippen LogP contribution in [-0.2, 0) is 17.4 Å². The Morgan fingerprint density at radius 3 is 1.71 bits per heavy atom. The Kier molecular flexibility index (Phi) is 7.77. The van der Waals surface area contributed by atoms with Crippen LogP contribution < -0.4 is 0 Å². The average molecular weight is 352 g/mol. The first kappa shape index (κ1) is 20.5. The van der Waals surface area contributed by atoms with E-state index in [0.717, 1.165) is 41.5 Å². The molecule has 0 heterocycles. The summed E-state index contributed by atoms with van der Waals surface area (Å²) < 4.78 is 43.5. The molecule has 1 nitrogen and oxygen atoms in total. The van der Waals surface area contributed by atoms with Crippen LogP contribution in [0.3, 0.4) is 0 Å². The molecule has 24 heavy (non-hydrogen) atoms. The van der Waals surface area contributed by atoms with E-state index in [2.05, 4.69) is 13.8 Å². The molecule has 0 bridgehead atoms. The van der Waals surface area contributed by atoms with Crippen molar-refractivity contribution in [3.05, 3.63) is 59.7 Å². The summed E-state index contributed by atoms with van der Waals surface area (Å²) in [5.41, 5.74) is 2.10. The first-order chi connectivity index (χ1) is 10.9. The van der Waals surface area contributed by atoms with Gasteiger partial charge in [-0.15, -0.1) is 0 Å². The van der Waals surface area contributed by atoms with E-state index in [1.807, 2.05) is 24.3 Å². The highest BCUT2D eigenvalue weighted by atomic mass is 28.1. The molecular weight excluding hydrogens is 328 g/mol. The molecule has 2 rings (SSSR count). The smallest absolute Gasteiger partial charge is 0.416 e. The van der Waals surface area contributed by atoms with E-state index in [-0.39, 0.29) is 17.9 Å². The fourth-order valence-corrected chi connectivity index (χ4v) is 2.38. The molecule has 0 atom stereocenters. The van der Waals surface area contributed by atoms with Crippen LogP contribution >= 0.6 is 0 Å². The summed E-state index contributed by atoms with van der Waals surface area (Å²) in [5, 5.41) is 0. The van der Waals surface area contributed by atoms with Gasteiger partial charge < -0.3 is 4.65 Å². The van der Waals surface area contributed by atoms with E-state index < -0.39 is 11.7 Å². The van der Waals surface area contributed by atoms with Crippen LogP contribution in [0, 0.1) is 0 Å². The minimum absolute atomic E-state index is 0. The number of benzene rings is 2. The van der Waals surface area contributed by atoms with Crippen molar-refractivity contribution in [1.29, 1.82) is 0 Å². The zero-order valence-electron chi connectivity index (χ0n) is 13.4. The maximum absolute atomic E-state index is 12.6. The van der Waals surface area contributed by atoms with Crippen molar-refractivity contribution in [2.75, 3.05) is 0 Å². The van der Waals surface area contributed by atoms with Gasteiger partial charge in [0.1, 0.15) is 0 Å². The van der Waals surface area contributed by atoms with E-state index in [9.17, 15) is 13.2 Å². The van der Waals surface area contributed by atoms with Crippen LogP contribution in [0.1, 0.15) is 25.0 Å².